The van der Waals surface area contributed by atoms with Crippen molar-refractivity contribution in [3.63, 3.8) is 0 Å². The quantitative estimate of drug-likeness (QED) is 0.617. The van der Waals surface area contributed by atoms with Crippen LogP contribution in [0.3, 0.4) is 0 Å². The van der Waals surface area contributed by atoms with Gasteiger partial charge in [0.25, 0.3) is 0 Å². The Balaban J connectivity index is 1.51. The molecule has 2 aliphatic heterocycles. The Morgan fingerprint density at radius 2 is 1.84 bits per heavy atom. The van der Waals surface area contributed by atoms with Gasteiger partial charge in [0.2, 0.25) is 0 Å². The molecule has 168 valence electrons. The second kappa shape index (κ2) is 8.88. The van der Waals surface area contributed by atoms with Crippen molar-refractivity contribution in [3.05, 3.63) is 41.6 Å². The predicted molar refractivity (Wildman–Crippen MR) is 118 cm³/mol. The third-order valence-corrected chi connectivity index (χ3v) is 6.05. The van der Waals surface area contributed by atoms with Gasteiger partial charge in [-0.05, 0) is 69.4 Å². The Bertz CT molecular complexity index is 1110. The standard InChI is InChI=1S/C24H27N3O5/c1-15-22-18(24(28)29)14-19(25-23(22)27(26-15)20-6-2-4-12-30-20)16-8-10-17(11-9-16)32-21-7-3-5-13-31-21/h8-11,14,20-21H,2-7,12-13H2,1H3,(H,28,29). The van der Waals surface area contributed by atoms with Gasteiger partial charge in [-0.3, -0.25) is 0 Å². The smallest absolute Gasteiger partial charge is 0.336 e. The Morgan fingerprint density at radius 1 is 1.09 bits per heavy atom. The van der Waals surface area contributed by atoms with E-state index in [-0.39, 0.29) is 18.1 Å². The van der Waals surface area contributed by atoms with Crippen LogP contribution in [0.15, 0.2) is 30.3 Å². The van der Waals surface area contributed by atoms with Crippen LogP contribution in [-0.2, 0) is 9.47 Å². The Hall–Kier alpha value is -2.97. The first-order valence-corrected chi connectivity index (χ1v) is 11.2. The average Bonchev–Trinajstić information content (AvgIpc) is 3.16. The van der Waals surface area contributed by atoms with E-state index >= 15 is 0 Å². The van der Waals surface area contributed by atoms with E-state index in [0.29, 0.717) is 29.0 Å². The van der Waals surface area contributed by atoms with E-state index in [1.807, 2.05) is 31.2 Å². The second-order valence-electron chi connectivity index (χ2n) is 8.35. The molecular formula is C24H27N3O5. The summed E-state index contributed by atoms with van der Waals surface area (Å²) in [7, 11) is 0. The lowest BCUT2D eigenvalue weighted by Crippen LogP contribution is -2.24. The number of aromatic nitrogens is 3. The van der Waals surface area contributed by atoms with Crippen LogP contribution in [0.2, 0.25) is 0 Å². The molecule has 2 unspecified atom stereocenters. The zero-order valence-corrected chi connectivity index (χ0v) is 18.1. The molecule has 0 spiro atoms. The number of carboxylic acids is 1. The van der Waals surface area contributed by atoms with Crippen LogP contribution >= 0.6 is 0 Å². The fourth-order valence-electron chi connectivity index (χ4n) is 4.41. The molecule has 4 heterocycles. The van der Waals surface area contributed by atoms with Crippen molar-refractivity contribution in [2.75, 3.05) is 13.2 Å². The van der Waals surface area contributed by atoms with Gasteiger partial charge in [-0.1, -0.05) is 0 Å². The summed E-state index contributed by atoms with van der Waals surface area (Å²) in [5.74, 6) is -0.281. The molecule has 1 aromatic carbocycles. The Morgan fingerprint density at radius 3 is 2.50 bits per heavy atom. The van der Waals surface area contributed by atoms with Gasteiger partial charge in [0.05, 0.1) is 28.9 Å². The van der Waals surface area contributed by atoms with Crippen molar-refractivity contribution in [2.24, 2.45) is 0 Å². The maximum absolute atomic E-state index is 12.1. The fourth-order valence-corrected chi connectivity index (χ4v) is 4.41. The summed E-state index contributed by atoms with van der Waals surface area (Å²) < 4.78 is 19.2. The first kappa shape index (κ1) is 20.9. The lowest BCUT2D eigenvalue weighted by Gasteiger charge is -2.23. The number of aromatic carboxylic acids is 1. The number of aryl methyl sites for hydroxylation is 1. The summed E-state index contributed by atoms with van der Waals surface area (Å²) in [5, 5.41) is 15.1. The molecule has 0 aliphatic carbocycles. The van der Waals surface area contributed by atoms with Crippen LogP contribution in [0.5, 0.6) is 5.75 Å². The number of pyridine rings is 1. The summed E-state index contributed by atoms with van der Waals surface area (Å²) in [6.07, 6.45) is 5.51. The van der Waals surface area contributed by atoms with Crippen molar-refractivity contribution in [1.82, 2.24) is 14.8 Å². The highest BCUT2D eigenvalue weighted by Crippen LogP contribution is 2.32. The molecule has 2 aromatic heterocycles. The van der Waals surface area contributed by atoms with Crippen LogP contribution in [0.25, 0.3) is 22.3 Å². The zero-order chi connectivity index (χ0) is 22.1. The molecule has 0 radical (unpaired) electrons. The van der Waals surface area contributed by atoms with Gasteiger partial charge in [-0.2, -0.15) is 5.10 Å². The molecule has 5 rings (SSSR count). The highest BCUT2D eigenvalue weighted by atomic mass is 16.7. The molecule has 8 nitrogen and oxygen atoms in total. The first-order chi connectivity index (χ1) is 15.6. The number of hydrogen-bond donors (Lipinski definition) is 1. The van der Waals surface area contributed by atoms with E-state index in [2.05, 4.69) is 5.10 Å². The molecule has 3 aromatic rings. The van der Waals surface area contributed by atoms with E-state index in [1.54, 1.807) is 10.7 Å². The van der Waals surface area contributed by atoms with E-state index < -0.39 is 5.97 Å². The average molecular weight is 437 g/mol. The predicted octanol–water partition coefficient (Wildman–Crippen LogP) is 4.71. The van der Waals surface area contributed by atoms with Crippen LogP contribution in [0, 0.1) is 6.92 Å². The number of benzene rings is 1. The fraction of sp³-hybridized carbons (Fsp3) is 0.458. The molecule has 0 bridgehead atoms. The summed E-state index contributed by atoms with van der Waals surface area (Å²) in [6, 6.07) is 9.13. The SMILES string of the molecule is Cc1nn(C2CCCCO2)c2nc(-c3ccc(OC4CCCCO4)cc3)cc(C(=O)O)c12. The summed E-state index contributed by atoms with van der Waals surface area (Å²) in [6.45, 7) is 3.21. The highest BCUT2D eigenvalue weighted by molar-refractivity contribution is 6.04. The van der Waals surface area contributed by atoms with Crippen LogP contribution in [-0.4, -0.2) is 45.3 Å². The van der Waals surface area contributed by atoms with E-state index in [0.717, 1.165) is 56.4 Å². The van der Waals surface area contributed by atoms with Gasteiger partial charge in [-0.25, -0.2) is 14.5 Å². The lowest BCUT2D eigenvalue weighted by atomic mass is 10.1. The topological polar surface area (TPSA) is 95.7 Å². The molecule has 2 aliphatic rings. The van der Waals surface area contributed by atoms with Crippen LogP contribution < -0.4 is 4.74 Å². The van der Waals surface area contributed by atoms with Crippen molar-refractivity contribution in [1.29, 1.82) is 0 Å². The number of carbonyl (C=O) groups is 1. The molecule has 0 saturated carbocycles. The largest absolute Gasteiger partial charge is 0.478 e. The number of nitrogens with zero attached hydrogens (tertiary/aromatic N) is 3. The summed E-state index contributed by atoms with van der Waals surface area (Å²) >= 11 is 0. The van der Waals surface area contributed by atoms with Gasteiger partial charge in [0, 0.05) is 18.6 Å². The summed E-state index contributed by atoms with van der Waals surface area (Å²) in [5.41, 5.74) is 2.76. The second-order valence-corrected chi connectivity index (χ2v) is 8.35. The highest BCUT2D eigenvalue weighted by Gasteiger charge is 2.25. The van der Waals surface area contributed by atoms with Crippen molar-refractivity contribution in [3.8, 4) is 17.0 Å². The number of rotatable bonds is 5. The molecule has 2 atom stereocenters. The first-order valence-electron chi connectivity index (χ1n) is 11.2. The van der Waals surface area contributed by atoms with Crippen LogP contribution in [0.4, 0.5) is 0 Å². The molecule has 2 fully saturated rings. The maximum Gasteiger partial charge on any atom is 0.336 e. The minimum absolute atomic E-state index is 0.195. The molecule has 8 heteroatoms. The Labute approximate surface area is 186 Å². The number of carboxylic acid groups (broad SMARTS) is 1. The molecule has 32 heavy (non-hydrogen) atoms. The monoisotopic (exact) mass is 437 g/mol. The third kappa shape index (κ3) is 4.08. The normalized spacial score (nSPS) is 21.5. The van der Waals surface area contributed by atoms with E-state index in [4.69, 9.17) is 19.2 Å². The minimum Gasteiger partial charge on any atom is -0.478 e. The number of ether oxygens (including phenoxy) is 3. The molecule has 1 N–H and O–H groups in total. The van der Waals surface area contributed by atoms with E-state index in [1.165, 1.54) is 0 Å². The van der Waals surface area contributed by atoms with Crippen molar-refractivity contribution in [2.45, 2.75) is 58.0 Å². The third-order valence-electron chi connectivity index (χ3n) is 6.05. The number of hydrogen-bond acceptors (Lipinski definition) is 6. The van der Waals surface area contributed by atoms with Crippen molar-refractivity contribution < 1.29 is 24.1 Å². The van der Waals surface area contributed by atoms with E-state index in [9.17, 15) is 9.90 Å². The molecule has 2 saturated heterocycles. The van der Waals surface area contributed by atoms with Crippen LogP contribution in [0.1, 0.15) is 60.8 Å². The maximum atomic E-state index is 12.1. The zero-order valence-electron chi connectivity index (χ0n) is 18.1. The number of fused-ring (bicyclic) bond motifs is 1. The Kier molecular flexibility index (Phi) is 5.80. The lowest BCUT2D eigenvalue weighted by molar-refractivity contribution is -0.105. The van der Waals surface area contributed by atoms with Crippen molar-refractivity contribution >= 4 is 17.0 Å². The van der Waals surface area contributed by atoms with Gasteiger partial charge in [0.15, 0.2) is 18.2 Å². The molecule has 0 amide bonds. The van der Waals surface area contributed by atoms with Gasteiger partial charge < -0.3 is 19.3 Å². The summed E-state index contributed by atoms with van der Waals surface area (Å²) in [4.78, 5) is 16.9. The van der Waals surface area contributed by atoms with Gasteiger partial charge >= 0.3 is 5.97 Å². The minimum atomic E-state index is -1.000. The molecular weight excluding hydrogens is 410 g/mol. The van der Waals surface area contributed by atoms with Gasteiger partial charge in [0.1, 0.15) is 5.75 Å². The van der Waals surface area contributed by atoms with Gasteiger partial charge in [-0.15, -0.1) is 0 Å².